The van der Waals surface area contributed by atoms with Crippen LogP contribution in [-0.2, 0) is 9.53 Å². The van der Waals surface area contributed by atoms with Crippen LogP contribution in [0.4, 0.5) is 15.8 Å². The molecule has 25 heavy (non-hydrogen) atoms. The van der Waals surface area contributed by atoms with Gasteiger partial charge in [-0.3, -0.25) is 4.79 Å². The second-order valence-electron chi connectivity index (χ2n) is 4.94. The van der Waals surface area contributed by atoms with E-state index in [0.29, 0.717) is 5.69 Å². The number of hydrogen-bond acceptors (Lipinski definition) is 5. The summed E-state index contributed by atoms with van der Waals surface area (Å²) < 4.78 is 17.9. The molecule has 0 radical (unpaired) electrons. The first-order chi connectivity index (χ1) is 12.0. The highest BCUT2D eigenvalue weighted by Crippen LogP contribution is 2.22. The third-order valence-electron chi connectivity index (χ3n) is 3.11. The molecular weight excluding hydrogens is 351 g/mol. The summed E-state index contributed by atoms with van der Waals surface area (Å²) in [6.07, 6.45) is 0. The summed E-state index contributed by atoms with van der Waals surface area (Å²) in [6, 6.07) is 10.1. The van der Waals surface area contributed by atoms with Gasteiger partial charge in [0.2, 0.25) is 0 Å². The highest BCUT2D eigenvalue weighted by molar-refractivity contribution is 6.33. The number of hydrogen-bond donors (Lipinski definition) is 3. The van der Waals surface area contributed by atoms with Crippen molar-refractivity contribution in [2.45, 2.75) is 0 Å². The average Bonchev–Trinajstić information content (AvgIpc) is 2.60. The van der Waals surface area contributed by atoms with Gasteiger partial charge >= 0.3 is 5.97 Å². The number of para-hydroxylation sites is 1. The second kappa shape index (κ2) is 9.00. The number of esters is 1. The van der Waals surface area contributed by atoms with Gasteiger partial charge in [0.25, 0.3) is 5.91 Å². The second-order valence-corrected chi connectivity index (χ2v) is 5.35. The minimum atomic E-state index is -0.693. The molecule has 2 aromatic carbocycles. The van der Waals surface area contributed by atoms with Crippen molar-refractivity contribution in [2.24, 2.45) is 0 Å². The topological polar surface area (TPSA) is 87.7 Å². The Morgan fingerprint density at radius 3 is 2.64 bits per heavy atom. The first kappa shape index (κ1) is 18.7. The van der Waals surface area contributed by atoms with Gasteiger partial charge in [-0.2, -0.15) is 0 Å². The smallest absolute Gasteiger partial charge is 0.340 e. The van der Waals surface area contributed by atoms with Crippen LogP contribution in [0.3, 0.4) is 0 Å². The molecule has 0 heterocycles. The maximum Gasteiger partial charge on any atom is 0.340 e. The van der Waals surface area contributed by atoms with E-state index in [-0.39, 0.29) is 29.4 Å². The normalized spacial score (nSPS) is 10.2. The van der Waals surface area contributed by atoms with Crippen LogP contribution in [0.25, 0.3) is 0 Å². The predicted molar refractivity (Wildman–Crippen MR) is 92.3 cm³/mol. The number of nitrogens with one attached hydrogen (secondary N) is 2. The Hall–Kier alpha value is -2.64. The first-order valence-electron chi connectivity index (χ1n) is 7.37. The molecule has 1 amide bonds. The molecule has 0 aliphatic rings. The number of amides is 1. The van der Waals surface area contributed by atoms with Crippen molar-refractivity contribution in [3.05, 3.63) is 58.9 Å². The lowest BCUT2D eigenvalue weighted by atomic mass is 10.2. The van der Waals surface area contributed by atoms with Gasteiger partial charge < -0.3 is 20.5 Å². The quantitative estimate of drug-likeness (QED) is 0.656. The summed E-state index contributed by atoms with van der Waals surface area (Å²) in [5.74, 6) is -1.83. The minimum Gasteiger partial charge on any atom is -0.452 e. The lowest BCUT2D eigenvalue weighted by molar-refractivity contribution is -0.119. The van der Waals surface area contributed by atoms with E-state index in [0.717, 1.165) is 12.1 Å². The molecule has 2 rings (SSSR count). The van der Waals surface area contributed by atoms with E-state index in [1.807, 2.05) is 0 Å². The van der Waals surface area contributed by atoms with Gasteiger partial charge in [0.1, 0.15) is 5.82 Å². The molecule has 2 aromatic rings. The Morgan fingerprint density at radius 2 is 1.92 bits per heavy atom. The molecule has 0 spiro atoms. The van der Waals surface area contributed by atoms with E-state index < -0.39 is 24.3 Å². The fourth-order valence-electron chi connectivity index (χ4n) is 1.99. The van der Waals surface area contributed by atoms with E-state index in [1.54, 1.807) is 18.2 Å². The van der Waals surface area contributed by atoms with Gasteiger partial charge in [-0.25, -0.2) is 9.18 Å². The van der Waals surface area contributed by atoms with E-state index in [4.69, 9.17) is 21.4 Å². The Kier molecular flexibility index (Phi) is 6.73. The van der Waals surface area contributed by atoms with Crippen molar-refractivity contribution in [1.29, 1.82) is 0 Å². The number of rotatable bonds is 7. The third kappa shape index (κ3) is 5.44. The van der Waals surface area contributed by atoms with Crippen LogP contribution in [0.2, 0.25) is 5.02 Å². The van der Waals surface area contributed by atoms with Crippen molar-refractivity contribution in [3.8, 4) is 0 Å². The largest absolute Gasteiger partial charge is 0.452 e. The fourth-order valence-corrected chi connectivity index (χ4v) is 2.21. The molecule has 0 fully saturated rings. The van der Waals surface area contributed by atoms with Crippen LogP contribution in [0, 0.1) is 5.82 Å². The summed E-state index contributed by atoms with van der Waals surface area (Å²) in [6.45, 7) is -0.348. The van der Waals surface area contributed by atoms with Gasteiger partial charge in [-0.1, -0.05) is 23.7 Å². The maximum atomic E-state index is 13.0. The van der Waals surface area contributed by atoms with Gasteiger partial charge in [0.05, 0.1) is 22.9 Å². The lowest BCUT2D eigenvalue weighted by Gasteiger charge is -2.11. The molecule has 0 aromatic heterocycles. The van der Waals surface area contributed by atoms with Crippen molar-refractivity contribution < 1.29 is 23.8 Å². The van der Waals surface area contributed by atoms with Crippen LogP contribution in [-0.4, -0.2) is 36.7 Å². The predicted octanol–water partition coefficient (Wildman–Crippen LogP) is 2.68. The molecule has 0 atom stereocenters. The van der Waals surface area contributed by atoms with Crippen LogP contribution >= 0.6 is 11.6 Å². The molecule has 0 aliphatic carbocycles. The average molecular weight is 367 g/mol. The van der Waals surface area contributed by atoms with Crippen molar-refractivity contribution in [2.75, 3.05) is 30.4 Å². The van der Waals surface area contributed by atoms with Gasteiger partial charge in [-0.05, 0) is 30.3 Å². The molecule has 0 unspecified atom stereocenters. The molecular formula is C17H16ClFN2O4. The van der Waals surface area contributed by atoms with Gasteiger partial charge in [0.15, 0.2) is 6.61 Å². The molecule has 8 heteroatoms. The summed E-state index contributed by atoms with van der Waals surface area (Å²) in [7, 11) is 0. The summed E-state index contributed by atoms with van der Waals surface area (Å²) in [5.41, 5.74) is 0.946. The third-order valence-corrected chi connectivity index (χ3v) is 3.43. The van der Waals surface area contributed by atoms with Crippen LogP contribution in [0.15, 0.2) is 42.5 Å². The van der Waals surface area contributed by atoms with E-state index in [9.17, 15) is 14.0 Å². The Bertz CT molecular complexity index is 770. The lowest BCUT2D eigenvalue weighted by Crippen LogP contribution is -2.21. The summed E-state index contributed by atoms with van der Waals surface area (Å²) >= 11 is 5.81. The number of carbonyl (C=O) groups is 2. The van der Waals surface area contributed by atoms with E-state index in [1.165, 1.54) is 12.1 Å². The van der Waals surface area contributed by atoms with Crippen molar-refractivity contribution in [3.63, 3.8) is 0 Å². The van der Waals surface area contributed by atoms with Gasteiger partial charge in [-0.15, -0.1) is 0 Å². The zero-order valence-corrected chi connectivity index (χ0v) is 13.8. The van der Waals surface area contributed by atoms with E-state index >= 15 is 0 Å². The number of ether oxygens (including phenoxy) is 1. The van der Waals surface area contributed by atoms with Crippen molar-refractivity contribution >= 4 is 34.9 Å². The fraction of sp³-hybridized carbons (Fsp3) is 0.176. The van der Waals surface area contributed by atoms with Gasteiger partial charge in [0, 0.05) is 12.2 Å². The zero-order chi connectivity index (χ0) is 18.2. The SMILES string of the molecule is O=C(COC(=O)c1ccccc1NCCO)Nc1ccc(F)cc1Cl. The number of carbonyl (C=O) groups excluding carboxylic acids is 2. The van der Waals surface area contributed by atoms with Crippen LogP contribution in [0.5, 0.6) is 0 Å². The molecule has 3 N–H and O–H groups in total. The molecule has 0 aliphatic heterocycles. The summed E-state index contributed by atoms with van der Waals surface area (Å²) in [4.78, 5) is 24.0. The Labute approximate surface area is 148 Å². The summed E-state index contributed by atoms with van der Waals surface area (Å²) in [5, 5.41) is 14.2. The Morgan fingerprint density at radius 1 is 1.16 bits per heavy atom. The van der Waals surface area contributed by atoms with Crippen LogP contribution in [0.1, 0.15) is 10.4 Å². The molecule has 0 bridgehead atoms. The minimum absolute atomic E-state index is 0.0400. The highest BCUT2D eigenvalue weighted by Gasteiger charge is 2.14. The number of aliphatic hydroxyl groups is 1. The number of benzene rings is 2. The maximum absolute atomic E-state index is 13.0. The Balaban J connectivity index is 1.94. The number of halogens is 2. The standard InChI is InChI=1S/C17H16ClFN2O4/c18-13-9-11(19)5-6-15(13)21-16(23)10-25-17(24)12-3-1-2-4-14(12)20-7-8-22/h1-6,9,20,22H,7-8,10H2,(H,21,23). The molecule has 0 saturated heterocycles. The molecule has 132 valence electrons. The first-order valence-corrected chi connectivity index (χ1v) is 7.75. The molecule has 6 nitrogen and oxygen atoms in total. The van der Waals surface area contributed by atoms with E-state index in [2.05, 4.69) is 10.6 Å². The van der Waals surface area contributed by atoms with Crippen molar-refractivity contribution in [1.82, 2.24) is 0 Å². The highest BCUT2D eigenvalue weighted by atomic mass is 35.5. The number of aliphatic hydroxyl groups excluding tert-OH is 1. The molecule has 0 saturated carbocycles. The van der Waals surface area contributed by atoms with Crippen LogP contribution < -0.4 is 10.6 Å². The monoisotopic (exact) mass is 366 g/mol. The zero-order valence-electron chi connectivity index (χ0n) is 13.1. The number of anilines is 2.